The molecule has 0 aliphatic carbocycles. The normalized spacial score (nSPS) is 17.8. The third-order valence-electron chi connectivity index (χ3n) is 5.78. The molecule has 33 heavy (non-hydrogen) atoms. The van der Waals surface area contributed by atoms with Crippen LogP contribution in [0.3, 0.4) is 0 Å². The fraction of sp³-hybridized carbons (Fsp3) is 0.259. The summed E-state index contributed by atoms with van der Waals surface area (Å²) in [6.07, 6.45) is 0.269. The zero-order valence-corrected chi connectivity index (χ0v) is 19.0. The maximum atomic E-state index is 11.8. The highest BCUT2D eigenvalue weighted by Crippen LogP contribution is 2.38. The zero-order valence-electron chi connectivity index (χ0n) is 19.0. The number of phenols is 1. The molecule has 0 saturated carbocycles. The molecule has 0 radical (unpaired) electrons. The van der Waals surface area contributed by atoms with E-state index in [2.05, 4.69) is 36.5 Å². The van der Waals surface area contributed by atoms with E-state index in [-0.39, 0.29) is 23.9 Å². The first-order chi connectivity index (χ1) is 16.0. The van der Waals surface area contributed by atoms with Crippen molar-refractivity contribution in [2.45, 2.75) is 32.5 Å². The number of para-hydroxylation sites is 1. The van der Waals surface area contributed by atoms with Crippen LogP contribution in [-0.2, 0) is 4.74 Å². The van der Waals surface area contributed by atoms with E-state index in [0.717, 1.165) is 22.4 Å². The number of benzene rings is 3. The van der Waals surface area contributed by atoms with Gasteiger partial charge in [-0.05, 0) is 43.2 Å². The summed E-state index contributed by atoms with van der Waals surface area (Å²) < 4.78 is 10.4. The third-order valence-corrected chi connectivity index (χ3v) is 5.78. The van der Waals surface area contributed by atoms with Crippen molar-refractivity contribution in [3.63, 3.8) is 0 Å². The van der Waals surface area contributed by atoms with Crippen molar-refractivity contribution >= 4 is 11.7 Å². The number of phenolic OH excluding ortho intramolecular Hbond substituents is 1. The number of methoxy groups -OCH3 is 1. The van der Waals surface area contributed by atoms with Gasteiger partial charge in [-0.2, -0.15) is 0 Å². The Hall–Kier alpha value is -3.64. The van der Waals surface area contributed by atoms with Crippen LogP contribution in [-0.4, -0.2) is 30.5 Å². The lowest BCUT2D eigenvalue weighted by Crippen LogP contribution is -2.33. The Morgan fingerprint density at radius 1 is 1.09 bits per heavy atom. The Balaban J connectivity index is 1.72. The minimum atomic E-state index is -0.377. The third kappa shape index (κ3) is 4.91. The SMILES string of the molecule is CCOc1cccc([C@@H]2CC(c3ccc(C)cc3)=N[C@@H](c3ccc(C(=O)OC)cc3)N2)c1O. The van der Waals surface area contributed by atoms with E-state index in [1.165, 1.54) is 12.7 Å². The van der Waals surface area contributed by atoms with Crippen molar-refractivity contribution in [1.29, 1.82) is 0 Å². The van der Waals surface area contributed by atoms with Gasteiger partial charge in [0.15, 0.2) is 11.5 Å². The van der Waals surface area contributed by atoms with Gasteiger partial charge in [0.2, 0.25) is 0 Å². The van der Waals surface area contributed by atoms with Crippen LogP contribution < -0.4 is 10.1 Å². The number of nitrogens with one attached hydrogen (secondary N) is 1. The average Bonchev–Trinajstić information content (AvgIpc) is 2.85. The van der Waals surface area contributed by atoms with Gasteiger partial charge < -0.3 is 14.6 Å². The quantitative estimate of drug-likeness (QED) is 0.517. The van der Waals surface area contributed by atoms with Crippen LogP contribution in [0.4, 0.5) is 0 Å². The predicted octanol–water partition coefficient (Wildman–Crippen LogP) is 5.11. The number of ether oxygens (including phenoxy) is 2. The number of carbonyl (C=O) groups is 1. The first-order valence-electron chi connectivity index (χ1n) is 11.0. The molecular weight excluding hydrogens is 416 g/mol. The molecule has 1 aliphatic rings. The highest BCUT2D eigenvalue weighted by Gasteiger charge is 2.28. The molecule has 0 amide bonds. The van der Waals surface area contributed by atoms with E-state index >= 15 is 0 Å². The fourth-order valence-electron chi connectivity index (χ4n) is 4.01. The second-order valence-corrected chi connectivity index (χ2v) is 8.01. The largest absolute Gasteiger partial charge is 0.504 e. The molecule has 3 aromatic carbocycles. The highest BCUT2D eigenvalue weighted by molar-refractivity contribution is 6.01. The molecule has 1 aliphatic heterocycles. The van der Waals surface area contributed by atoms with Gasteiger partial charge in [0.25, 0.3) is 0 Å². The molecular formula is C27H28N2O4. The molecule has 2 N–H and O–H groups in total. The minimum absolute atomic E-state index is 0.141. The molecule has 170 valence electrons. The van der Waals surface area contributed by atoms with Gasteiger partial charge in [-0.15, -0.1) is 0 Å². The smallest absolute Gasteiger partial charge is 0.337 e. The van der Waals surface area contributed by atoms with E-state index in [1.54, 1.807) is 18.2 Å². The van der Waals surface area contributed by atoms with Crippen LogP contribution in [0, 0.1) is 6.92 Å². The summed E-state index contributed by atoms with van der Waals surface area (Å²) in [6.45, 7) is 4.42. The summed E-state index contributed by atoms with van der Waals surface area (Å²) in [4.78, 5) is 16.8. The number of aryl methyl sites for hydroxylation is 1. The van der Waals surface area contributed by atoms with Crippen molar-refractivity contribution in [3.05, 3.63) is 94.5 Å². The molecule has 6 nitrogen and oxygen atoms in total. The predicted molar refractivity (Wildman–Crippen MR) is 128 cm³/mol. The van der Waals surface area contributed by atoms with E-state index in [1.807, 2.05) is 31.2 Å². The standard InChI is InChI=1S/C27H28N2O4/c1-4-33-24-7-5-6-21(25(24)30)23-16-22(18-10-8-17(2)9-11-18)28-26(29-23)19-12-14-20(15-13-19)27(31)32-3/h5-15,23,26,29-30H,4,16H2,1-3H3/t23-,26+/m0/s1. The summed E-state index contributed by atoms with van der Waals surface area (Å²) in [7, 11) is 1.37. The topological polar surface area (TPSA) is 80.2 Å². The fourth-order valence-corrected chi connectivity index (χ4v) is 4.01. The summed E-state index contributed by atoms with van der Waals surface area (Å²) >= 11 is 0. The van der Waals surface area contributed by atoms with Crippen molar-refractivity contribution < 1.29 is 19.4 Å². The van der Waals surface area contributed by atoms with Crippen LogP contribution in [0.15, 0.2) is 71.7 Å². The Kier molecular flexibility index (Phi) is 6.75. The van der Waals surface area contributed by atoms with Crippen LogP contribution in [0.1, 0.15) is 58.2 Å². The molecule has 0 unspecified atom stereocenters. The van der Waals surface area contributed by atoms with Gasteiger partial charge in [-0.3, -0.25) is 10.3 Å². The van der Waals surface area contributed by atoms with E-state index < -0.39 is 0 Å². The Labute approximate surface area is 193 Å². The molecule has 0 spiro atoms. The highest BCUT2D eigenvalue weighted by atomic mass is 16.5. The molecule has 0 bridgehead atoms. The molecule has 4 rings (SSSR count). The number of aliphatic imine (C=N–C) groups is 1. The van der Waals surface area contributed by atoms with Crippen molar-refractivity contribution in [2.24, 2.45) is 4.99 Å². The van der Waals surface area contributed by atoms with Crippen molar-refractivity contribution in [3.8, 4) is 11.5 Å². The van der Waals surface area contributed by atoms with Gasteiger partial charge in [-0.25, -0.2) is 4.79 Å². The van der Waals surface area contributed by atoms with Gasteiger partial charge in [0, 0.05) is 23.7 Å². The van der Waals surface area contributed by atoms with Crippen LogP contribution in [0.5, 0.6) is 11.5 Å². The summed E-state index contributed by atoms with van der Waals surface area (Å²) in [5.74, 6) is 0.231. The number of aromatic hydroxyl groups is 1. The van der Waals surface area contributed by atoms with Crippen LogP contribution >= 0.6 is 0 Å². The van der Waals surface area contributed by atoms with Gasteiger partial charge in [0.1, 0.15) is 6.17 Å². The van der Waals surface area contributed by atoms with Crippen molar-refractivity contribution in [2.75, 3.05) is 13.7 Å². The van der Waals surface area contributed by atoms with Crippen LogP contribution in [0.25, 0.3) is 0 Å². The minimum Gasteiger partial charge on any atom is -0.504 e. The summed E-state index contributed by atoms with van der Waals surface area (Å²) in [6, 6.07) is 20.9. The zero-order chi connectivity index (χ0) is 23.4. The van der Waals surface area contributed by atoms with Gasteiger partial charge in [-0.1, -0.05) is 54.1 Å². The summed E-state index contributed by atoms with van der Waals surface area (Å²) in [5.41, 5.74) is 5.33. The lowest BCUT2D eigenvalue weighted by molar-refractivity contribution is 0.0600. The molecule has 1 heterocycles. The van der Waals surface area contributed by atoms with E-state index in [4.69, 9.17) is 14.5 Å². The molecule has 0 aromatic heterocycles. The molecule has 2 atom stereocenters. The summed E-state index contributed by atoms with van der Waals surface area (Å²) in [5, 5.41) is 14.4. The molecule has 3 aromatic rings. The van der Waals surface area contributed by atoms with Gasteiger partial charge in [0.05, 0.1) is 19.3 Å². The monoisotopic (exact) mass is 444 g/mol. The Morgan fingerprint density at radius 3 is 2.48 bits per heavy atom. The molecule has 0 fully saturated rings. The number of carbonyl (C=O) groups excluding carboxylic acids is 1. The van der Waals surface area contributed by atoms with Crippen LogP contribution in [0.2, 0.25) is 0 Å². The second-order valence-electron chi connectivity index (χ2n) is 8.01. The second kappa shape index (κ2) is 9.88. The maximum Gasteiger partial charge on any atom is 0.337 e. The number of esters is 1. The Morgan fingerprint density at radius 2 is 1.82 bits per heavy atom. The number of rotatable bonds is 6. The number of nitrogens with zero attached hydrogens (tertiary/aromatic N) is 1. The van der Waals surface area contributed by atoms with Gasteiger partial charge >= 0.3 is 5.97 Å². The molecule has 6 heteroatoms. The van der Waals surface area contributed by atoms with Crippen molar-refractivity contribution in [1.82, 2.24) is 5.32 Å². The lowest BCUT2D eigenvalue weighted by atomic mass is 9.93. The average molecular weight is 445 g/mol. The first kappa shape index (κ1) is 22.6. The van der Waals surface area contributed by atoms with E-state index in [0.29, 0.717) is 24.3 Å². The molecule has 0 saturated heterocycles. The lowest BCUT2D eigenvalue weighted by Gasteiger charge is -2.31. The van der Waals surface area contributed by atoms with E-state index in [9.17, 15) is 9.90 Å². The number of hydrogen-bond acceptors (Lipinski definition) is 6. The number of hydrogen-bond donors (Lipinski definition) is 2. The maximum absolute atomic E-state index is 11.8. The first-order valence-corrected chi connectivity index (χ1v) is 11.0. The Bertz CT molecular complexity index is 1150.